The molecule has 1 heterocycles. The number of nitrogens with zero attached hydrogens (tertiary/aromatic N) is 1. The van der Waals surface area contributed by atoms with Crippen LogP contribution >= 0.6 is 0 Å². The summed E-state index contributed by atoms with van der Waals surface area (Å²) in [5.74, 6) is 0. The van der Waals surface area contributed by atoms with Crippen molar-refractivity contribution in [2.24, 2.45) is 0 Å². The van der Waals surface area contributed by atoms with Crippen LogP contribution in [-0.2, 0) is 0 Å². The summed E-state index contributed by atoms with van der Waals surface area (Å²) in [5, 5.41) is 7.00. The zero-order valence-corrected chi connectivity index (χ0v) is 9.84. The fraction of sp³-hybridized carbons (Fsp3) is 1.00. The first kappa shape index (κ1) is 12.0. The SMILES string of the molecule is CC(C)N(C)CCNCC1CCCN1. The molecule has 0 aromatic carbocycles. The molecule has 0 aromatic heterocycles. The van der Waals surface area contributed by atoms with Gasteiger partial charge in [0.2, 0.25) is 0 Å². The van der Waals surface area contributed by atoms with Crippen molar-refractivity contribution in [2.45, 2.75) is 38.8 Å². The van der Waals surface area contributed by atoms with Crippen molar-refractivity contribution in [3.8, 4) is 0 Å². The maximum absolute atomic E-state index is 3.51. The predicted octanol–water partition coefficient (Wildman–Crippen LogP) is 0.668. The van der Waals surface area contributed by atoms with Crippen molar-refractivity contribution in [1.29, 1.82) is 0 Å². The van der Waals surface area contributed by atoms with Gasteiger partial charge in [0.1, 0.15) is 0 Å². The molecular weight excluding hydrogens is 174 g/mol. The van der Waals surface area contributed by atoms with Crippen LogP contribution in [0, 0.1) is 0 Å². The monoisotopic (exact) mass is 199 g/mol. The third-order valence-electron chi connectivity index (χ3n) is 3.08. The third-order valence-corrected chi connectivity index (χ3v) is 3.08. The van der Waals surface area contributed by atoms with Crippen molar-refractivity contribution in [1.82, 2.24) is 15.5 Å². The summed E-state index contributed by atoms with van der Waals surface area (Å²) in [6.45, 7) is 9.05. The number of rotatable bonds is 6. The Morgan fingerprint density at radius 2 is 2.29 bits per heavy atom. The van der Waals surface area contributed by atoms with Gasteiger partial charge in [0, 0.05) is 31.7 Å². The molecule has 1 saturated heterocycles. The fourth-order valence-corrected chi connectivity index (χ4v) is 1.72. The number of hydrogen-bond acceptors (Lipinski definition) is 3. The van der Waals surface area contributed by atoms with E-state index in [0.29, 0.717) is 6.04 Å². The van der Waals surface area contributed by atoms with Crippen LogP contribution in [-0.4, -0.2) is 50.2 Å². The molecule has 0 bridgehead atoms. The minimum atomic E-state index is 0.654. The van der Waals surface area contributed by atoms with Crippen LogP contribution in [0.1, 0.15) is 26.7 Å². The van der Waals surface area contributed by atoms with Gasteiger partial charge in [-0.2, -0.15) is 0 Å². The molecule has 1 aliphatic heterocycles. The van der Waals surface area contributed by atoms with Crippen LogP contribution in [0.25, 0.3) is 0 Å². The standard InChI is InChI=1S/C11H25N3/c1-10(2)14(3)8-7-12-9-11-5-4-6-13-11/h10-13H,4-9H2,1-3H3. The average molecular weight is 199 g/mol. The minimum absolute atomic E-state index is 0.654. The average Bonchev–Trinajstić information content (AvgIpc) is 2.64. The molecule has 84 valence electrons. The topological polar surface area (TPSA) is 27.3 Å². The van der Waals surface area contributed by atoms with Gasteiger partial charge in [0.15, 0.2) is 0 Å². The van der Waals surface area contributed by atoms with Gasteiger partial charge in [0.25, 0.3) is 0 Å². The Hall–Kier alpha value is -0.120. The van der Waals surface area contributed by atoms with Crippen LogP contribution in [0.5, 0.6) is 0 Å². The molecule has 1 unspecified atom stereocenters. The second-order valence-electron chi connectivity index (χ2n) is 4.57. The highest BCUT2D eigenvalue weighted by atomic mass is 15.1. The van der Waals surface area contributed by atoms with Gasteiger partial charge >= 0.3 is 0 Å². The van der Waals surface area contributed by atoms with E-state index < -0.39 is 0 Å². The molecule has 1 rings (SSSR count). The zero-order chi connectivity index (χ0) is 10.4. The van der Waals surface area contributed by atoms with Gasteiger partial charge in [-0.15, -0.1) is 0 Å². The normalized spacial score (nSPS) is 22.5. The summed E-state index contributed by atoms with van der Waals surface area (Å²) in [6, 6.07) is 1.38. The first-order chi connectivity index (χ1) is 6.70. The Labute approximate surface area is 88.2 Å². The lowest BCUT2D eigenvalue weighted by Crippen LogP contribution is -2.39. The van der Waals surface area contributed by atoms with Crippen LogP contribution < -0.4 is 10.6 Å². The van der Waals surface area contributed by atoms with Crippen LogP contribution in [0.15, 0.2) is 0 Å². The minimum Gasteiger partial charge on any atom is -0.314 e. The summed E-state index contributed by atoms with van der Waals surface area (Å²) in [7, 11) is 2.18. The third kappa shape index (κ3) is 4.40. The first-order valence-electron chi connectivity index (χ1n) is 5.84. The largest absolute Gasteiger partial charge is 0.314 e. The van der Waals surface area contributed by atoms with Crippen molar-refractivity contribution in [3.63, 3.8) is 0 Å². The Morgan fingerprint density at radius 3 is 2.86 bits per heavy atom. The molecule has 1 fully saturated rings. The highest BCUT2D eigenvalue weighted by molar-refractivity contribution is 4.76. The van der Waals surface area contributed by atoms with Gasteiger partial charge in [-0.25, -0.2) is 0 Å². The summed E-state index contributed by atoms with van der Waals surface area (Å²) in [4.78, 5) is 2.37. The molecule has 0 radical (unpaired) electrons. The summed E-state index contributed by atoms with van der Waals surface area (Å²) in [5.41, 5.74) is 0. The number of hydrogen-bond donors (Lipinski definition) is 2. The van der Waals surface area contributed by atoms with Crippen molar-refractivity contribution < 1.29 is 0 Å². The van der Waals surface area contributed by atoms with E-state index in [-0.39, 0.29) is 0 Å². The number of likely N-dealkylation sites (N-methyl/N-ethyl adjacent to an activating group) is 1. The molecule has 0 aliphatic carbocycles. The second kappa shape index (κ2) is 6.38. The highest BCUT2D eigenvalue weighted by Gasteiger charge is 2.12. The number of nitrogens with one attached hydrogen (secondary N) is 2. The molecular formula is C11H25N3. The van der Waals surface area contributed by atoms with Gasteiger partial charge in [-0.1, -0.05) is 0 Å². The van der Waals surface area contributed by atoms with Gasteiger partial charge in [-0.05, 0) is 40.3 Å². The lowest BCUT2D eigenvalue weighted by atomic mass is 10.2. The Kier molecular flexibility index (Phi) is 5.45. The van der Waals surface area contributed by atoms with E-state index in [4.69, 9.17) is 0 Å². The van der Waals surface area contributed by atoms with Crippen molar-refractivity contribution >= 4 is 0 Å². The molecule has 3 heteroatoms. The quantitative estimate of drug-likeness (QED) is 0.616. The molecule has 0 spiro atoms. The zero-order valence-electron chi connectivity index (χ0n) is 9.84. The Morgan fingerprint density at radius 1 is 1.50 bits per heavy atom. The predicted molar refractivity (Wildman–Crippen MR) is 61.7 cm³/mol. The molecule has 0 aromatic rings. The lowest BCUT2D eigenvalue weighted by Gasteiger charge is -2.21. The van der Waals surface area contributed by atoms with Crippen LogP contribution in [0.3, 0.4) is 0 Å². The molecule has 0 saturated carbocycles. The maximum atomic E-state index is 3.51. The van der Waals surface area contributed by atoms with Gasteiger partial charge in [-0.3, -0.25) is 0 Å². The Balaban J connectivity index is 1.93. The van der Waals surface area contributed by atoms with E-state index in [2.05, 4.69) is 36.4 Å². The first-order valence-corrected chi connectivity index (χ1v) is 5.84. The molecule has 1 atom stereocenters. The van der Waals surface area contributed by atoms with Gasteiger partial charge in [0.05, 0.1) is 0 Å². The Bertz CT molecular complexity index is 137. The lowest BCUT2D eigenvalue weighted by molar-refractivity contribution is 0.272. The molecule has 0 amide bonds. The van der Waals surface area contributed by atoms with E-state index >= 15 is 0 Å². The van der Waals surface area contributed by atoms with E-state index in [9.17, 15) is 0 Å². The fourth-order valence-electron chi connectivity index (χ4n) is 1.72. The molecule has 3 nitrogen and oxygen atoms in total. The van der Waals surface area contributed by atoms with Gasteiger partial charge < -0.3 is 15.5 Å². The van der Waals surface area contributed by atoms with E-state index in [1.165, 1.54) is 19.4 Å². The smallest absolute Gasteiger partial charge is 0.0192 e. The van der Waals surface area contributed by atoms with Crippen molar-refractivity contribution in [2.75, 3.05) is 33.2 Å². The summed E-state index contributed by atoms with van der Waals surface area (Å²) >= 11 is 0. The van der Waals surface area contributed by atoms with Crippen LogP contribution in [0.4, 0.5) is 0 Å². The summed E-state index contributed by atoms with van der Waals surface area (Å²) in [6.07, 6.45) is 2.69. The van der Waals surface area contributed by atoms with E-state index in [0.717, 1.165) is 25.7 Å². The molecule has 2 N–H and O–H groups in total. The van der Waals surface area contributed by atoms with Crippen LogP contribution in [0.2, 0.25) is 0 Å². The van der Waals surface area contributed by atoms with E-state index in [1.54, 1.807) is 0 Å². The highest BCUT2D eigenvalue weighted by Crippen LogP contribution is 2.02. The molecule has 14 heavy (non-hydrogen) atoms. The summed E-state index contributed by atoms with van der Waals surface area (Å²) < 4.78 is 0. The second-order valence-corrected chi connectivity index (χ2v) is 4.57. The molecule has 1 aliphatic rings. The van der Waals surface area contributed by atoms with E-state index in [1.807, 2.05) is 0 Å². The maximum Gasteiger partial charge on any atom is 0.0192 e. The van der Waals surface area contributed by atoms with Crippen molar-refractivity contribution in [3.05, 3.63) is 0 Å².